The van der Waals surface area contributed by atoms with Crippen LogP contribution in [0.1, 0.15) is 152 Å². The van der Waals surface area contributed by atoms with Gasteiger partial charge in [0, 0.05) is 51.6 Å². The number of carbonyl (C=O) groups is 17. The smallest absolute Gasteiger partial charge is 0.372 e. The summed E-state index contributed by atoms with van der Waals surface area (Å²) in [6.07, 6.45) is 3.10. The van der Waals surface area contributed by atoms with E-state index in [2.05, 4.69) is 21.3 Å². The van der Waals surface area contributed by atoms with Gasteiger partial charge < -0.3 is 93.0 Å². The number of nitrogens with zero attached hydrogens (tertiary/aromatic N) is 2. The number of carboxylic acids is 11. The second-order valence-corrected chi connectivity index (χ2v) is 21.5. The second-order valence-electron chi connectivity index (χ2n) is 21.5. The van der Waals surface area contributed by atoms with E-state index in [1.165, 1.54) is 16.7 Å². The predicted molar refractivity (Wildman–Crippen MR) is 317 cm³/mol. The lowest BCUT2D eigenvalue weighted by Crippen LogP contribution is -2.39. The molecule has 0 bridgehead atoms. The Hall–Kier alpha value is -8.41. The van der Waals surface area contributed by atoms with Crippen molar-refractivity contribution in [3.63, 3.8) is 0 Å². The topological polar surface area (TPSA) is 593 Å². The summed E-state index contributed by atoms with van der Waals surface area (Å²) in [5.74, 6) is -15.5. The fraction of sp³-hybridized carbons (Fsp3) is 0.696. The van der Waals surface area contributed by atoms with Gasteiger partial charge in [0.05, 0.1) is 0 Å². The maximum absolute atomic E-state index is 11.4. The molecule has 35 nitrogen and oxygen atoms in total. The Balaban J connectivity index is -0.000000322. The number of likely N-dealkylation sites (tertiary alicyclic amines) is 2. The van der Waals surface area contributed by atoms with Crippen LogP contribution in [0.25, 0.3) is 0 Å². The van der Waals surface area contributed by atoms with E-state index in [4.69, 9.17) is 61.9 Å². The van der Waals surface area contributed by atoms with E-state index in [1.807, 2.05) is 41.5 Å². The molecule has 522 valence electrons. The number of rotatable bonds is 37. The average Bonchev–Trinajstić information content (AvgIpc) is 2.87. The van der Waals surface area contributed by atoms with Crippen LogP contribution in [-0.2, 0) is 81.5 Å². The number of likely N-dealkylation sites (N-methyl/N-ethyl adjacent to an activating group) is 2. The highest BCUT2D eigenvalue weighted by Gasteiger charge is 2.37. The summed E-state index contributed by atoms with van der Waals surface area (Å²) in [6.45, 7) is 15.7. The average molecular weight is 1310 g/mol. The fourth-order valence-corrected chi connectivity index (χ4v) is 7.26. The number of carbonyl (C=O) groups excluding carboxylic acids is 6. The maximum Gasteiger partial charge on any atom is 0.372 e. The fourth-order valence-electron chi connectivity index (χ4n) is 7.26. The summed E-state index contributed by atoms with van der Waals surface area (Å²) in [7, 11) is 3.28. The van der Waals surface area contributed by atoms with Crippen LogP contribution < -0.4 is 27.0 Å². The number of nitrogens with one attached hydrogen (secondary N) is 4. The highest BCUT2D eigenvalue weighted by Crippen LogP contribution is 2.21. The molecule has 7 atom stereocenters. The number of carboxylic acid groups (broad SMARTS) is 11. The quantitative estimate of drug-likeness (QED) is 0.0283. The van der Waals surface area contributed by atoms with Gasteiger partial charge in [-0.2, -0.15) is 0 Å². The van der Waals surface area contributed by atoms with Crippen LogP contribution in [0.3, 0.4) is 0 Å². The molecule has 2 heterocycles. The lowest BCUT2D eigenvalue weighted by atomic mass is 10.0. The van der Waals surface area contributed by atoms with Crippen LogP contribution in [0.4, 0.5) is 0 Å². The van der Waals surface area contributed by atoms with Gasteiger partial charge in [-0.3, -0.25) is 52.7 Å². The van der Waals surface area contributed by atoms with Crippen molar-refractivity contribution in [2.45, 2.75) is 194 Å². The minimum absolute atomic E-state index is 0.0731. The summed E-state index contributed by atoms with van der Waals surface area (Å²) in [5, 5.41) is 104. The van der Waals surface area contributed by atoms with Crippen molar-refractivity contribution >= 4 is 101 Å². The number of aliphatic carboxylic acids is 11. The first-order chi connectivity index (χ1) is 41.9. The molecule has 0 aromatic carbocycles. The Bertz CT molecular complexity index is 2330. The van der Waals surface area contributed by atoms with Gasteiger partial charge in [0.25, 0.3) is 0 Å². The van der Waals surface area contributed by atoms with E-state index < -0.39 is 125 Å². The molecule has 0 aromatic rings. The van der Waals surface area contributed by atoms with Crippen molar-refractivity contribution in [1.29, 1.82) is 0 Å². The van der Waals surface area contributed by atoms with E-state index >= 15 is 0 Å². The van der Waals surface area contributed by atoms with Gasteiger partial charge in [0.2, 0.25) is 34.9 Å². The number of hydrogen-bond donors (Lipinski definition) is 16. The molecule has 91 heavy (non-hydrogen) atoms. The van der Waals surface area contributed by atoms with Gasteiger partial charge >= 0.3 is 65.7 Å². The van der Waals surface area contributed by atoms with E-state index in [1.54, 1.807) is 21.0 Å². The van der Waals surface area contributed by atoms with E-state index in [-0.39, 0.29) is 101 Å². The van der Waals surface area contributed by atoms with E-state index in [9.17, 15) is 81.5 Å². The van der Waals surface area contributed by atoms with Gasteiger partial charge in [-0.15, -0.1) is 0 Å². The van der Waals surface area contributed by atoms with Gasteiger partial charge in [0.15, 0.2) is 0 Å². The van der Waals surface area contributed by atoms with Gasteiger partial charge in [-0.05, 0) is 117 Å². The Morgan fingerprint density at radius 2 is 0.725 bits per heavy atom. The Kier molecular flexibility index (Phi) is 51.5. The largest absolute Gasteiger partial charge is 0.480 e. The molecule has 0 aromatic heterocycles. The molecule has 0 aliphatic carbocycles. The molecule has 2 fully saturated rings. The molecular formula is C56H95N7O28. The summed E-state index contributed by atoms with van der Waals surface area (Å²) >= 11 is 0. The van der Waals surface area contributed by atoms with Crippen LogP contribution >= 0.6 is 0 Å². The van der Waals surface area contributed by atoms with Crippen LogP contribution in [0.2, 0.25) is 0 Å². The third-order valence-corrected chi connectivity index (χ3v) is 12.4. The molecule has 17 N–H and O–H groups in total. The third kappa shape index (κ3) is 48.2. The molecular weight excluding hydrogens is 1220 g/mol. The standard InChI is InChI=1S/C11H19NO5.2C10H13NO6.C8H13NO5.C7H15NO2.C6H13NO2.C4H9NO2/c1-7(2)6-8(10(14)15)12-5-3-4-9(13)11(16)17;2*12-7(10(16)17)2-1-5-11-6(9(14)15)3-4-8(11)13;1-5(7(11)12)9-4-2-3-6(10)8(13)14;1-5(2)4-6(8-3)7(9)10;1-4(2)3-5(7)6(8)9;1-3(5-2)4(6)7/h7-8,12H,3-6H2,1-2H3,(H,14,15)(H,16,17);2*6H,1-5H2,(H,14,15)(H,16,17);5,9H,2-4H2,1H3,(H,11,12)(H,13,14);5-6,8H,4H2,1-3H3,(H,9,10);4-5H,3,7H2,1-2H3,(H,8,9);3,5H,1-2H3,(H,6,7)/t;2*6-;;;;3-/m.00...0/s1. The molecule has 35 heteroatoms. The zero-order valence-electron chi connectivity index (χ0n) is 53.0. The third-order valence-electron chi connectivity index (χ3n) is 12.4. The molecule has 2 rings (SSSR count). The lowest BCUT2D eigenvalue weighted by molar-refractivity contribution is -0.149. The van der Waals surface area contributed by atoms with Crippen molar-refractivity contribution in [1.82, 2.24) is 31.1 Å². The number of hydrogen-bond acceptors (Lipinski definition) is 22. The first kappa shape index (κ1) is 91.3. The summed E-state index contributed by atoms with van der Waals surface area (Å²) in [6, 6.07) is -4.53. The molecule has 0 spiro atoms. The van der Waals surface area contributed by atoms with Crippen LogP contribution in [0, 0.1) is 17.8 Å². The van der Waals surface area contributed by atoms with E-state index in [0.717, 1.165) is 0 Å². The monoisotopic (exact) mass is 1310 g/mol. The number of amides is 2. The zero-order valence-corrected chi connectivity index (χ0v) is 53.0. The van der Waals surface area contributed by atoms with Crippen LogP contribution in [-0.4, -0.2) is 249 Å². The van der Waals surface area contributed by atoms with Crippen LogP contribution in [0.5, 0.6) is 0 Å². The second kappa shape index (κ2) is 51.3. The maximum atomic E-state index is 11.4. The van der Waals surface area contributed by atoms with Gasteiger partial charge in [-0.25, -0.2) is 28.8 Å². The van der Waals surface area contributed by atoms with Gasteiger partial charge in [0.1, 0.15) is 42.3 Å². The number of ketones is 4. The van der Waals surface area contributed by atoms with Crippen molar-refractivity contribution in [3.05, 3.63) is 0 Å². The summed E-state index contributed by atoms with van der Waals surface area (Å²) in [4.78, 5) is 182. The summed E-state index contributed by atoms with van der Waals surface area (Å²) < 4.78 is 0. The lowest BCUT2D eigenvalue weighted by Gasteiger charge is -2.20. The SMILES string of the molecule is CC(C)CC(N)C(=O)O.CC(C)CC(NCCCC(=O)C(=O)O)C(=O)O.CC(NCCCC(=O)C(=O)O)C(=O)O.CNC(CC(C)C)C(=O)O.CN[C@@H](C)C(=O)O.O=C(O)C(=O)CCCN1C(=O)CC[C@H]1C(=O)O.O=C(O)C(=O)CCCN1C(=O)CC[C@H]1C(=O)O. The van der Waals surface area contributed by atoms with Gasteiger partial charge in [-0.1, -0.05) is 41.5 Å². The van der Waals surface area contributed by atoms with Crippen LogP contribution in [0.15, 0.2) is 0 Å². The Labute approximate surface area is 525 Å². The molecule has 4 unspecified atom stereocenters. The van der Waals surface area contributed by atoms with Crippen molar-refractivity contribution in [3.8, 4) is 0 Å². The zero-order chi connectivity index (χ0) is 72.0. The minimum Gasteiger partial charge on any atom is -0.480 e. The molecule has 0 saturated carbocycles. The van der Waals surface area contributed by atoms with Crippen molar-refractivity contribution in [2.24, 2.45) is 23.5 Å². The minimum atomic E-state index is -1.51. The molecule has 2 saturated heterocycles. The molecule has 2 aliphatic rings. The summed E-state index contributed by atoms with van der Waals surface area (Å²) in [5.41, 5.74) is 5.22. The Morgan fingerprint density at radius 1 is 0.418 bits per heavy atom. The molecule has 2 amide bonds. The first-order valence-corrected chi connectivity index (χ1v) is 28.7. The highest BCUT2D eigenvalue weighted by atomic mass is 16.4. The van der Waals surface area contributed by atoms with E-state index in [0.29, 0.717) is 57.0 Å². The number of nitrogens with two attached hydrogens (primary N) is 1. The molecule has 0 radical (unpaired) electrons. The highest BCUT2D eigenvalue weighted by molar-refractivity contribution is 6.33. The Morgan fingerprint density at radius 3 is 0.945 bits per heavy atom. The number of Topliss-reactive ketones (excluding diaryl/α,β-unsaturated/α-hetero) is 4. The van der Waals surface area contributed by atoms with Crippen molar-refractivity contribution in [2.75, 3.05) is 40.3 Å². The predicted octanol–water partition coefficient (Wildman–Crippen LogP) is -0.188. The first-order valence-electron chi connectivity index (χ1n) is 28.7. The molecule has 2 aliphatic heterocycles. The normalized spacial score (nSPS) is 15.3. The van der Waals surface area contributed by atoms with Crippen molar-refractivity contribution < 1.29 is 138 Å².